The molecule has 0 aliphatic rings. The molecule has 6 heteroatoms. The normalized spacial score (nSPS) is 12.5. The van der Waals surface area contributed by atoms with Crippen LogP contribution in [0.25, 0.3) is 0 Å². The summed E-state index contributed by atoms with van der Waals surface area (Å²) in [5.74, 6) is -1.62. The zero-order valence-electron chi connectivity index (χ0n) is 14.8. The van der Waals surface area contributed by atoms with Crippen LogP contribution in [0.4, 0.5) is 5.69 Å². The number of anilines is 1. The minimum Gasteiger partial charge on any atom is -0.372 e. The Balaban J connectivity index is 2.06. The van der Waals surface area contributed by atoms with Crippen LogP contribution < -0.4 is 10.6 Å². The molecule has 0 heterocycles. The standard InChI is InChI=1S/C20H21N3O3/c1-3-20(26-2,16-10-5-4-6-11-16)14-22-18(24)19(25)23-17-12-8-7-9-15(17)13-21/h4-12H,3,14H2,1-2H3,(H,22,24)(H,23,25). The summed E-state index contributed by atoms with van der Waals surface area (Å²) in [5, 5.41) is 14.1. The molecule has 2 amide bonds. The molecule has 0 saturated carbocycles. The van der Waals surface area contributed by atoms with Crippen LogP contribution in [0, 0.1) is 11.3 Å². The molecule has 1 atom stereocenters. The van der Waals surface area contributed by atoms with Crippen molar-refractivity contribution in [2.24, 2.45) is 0 Å². The molecule has 0 bridgehead atoms. The van der Waals surface area contributed by atoms with Crippen LogP contribution in [0.15, 0.2) is 54.6 Å². The number of para-hydroxylation sites is 1. The third-order valence-electron chi connectivity index (χ3n) is 4.30. The Labute approximate surface area is 152 Å². The maximum absolute atomic E-state index is 12.2. The van der Waals surface area contributed by atoms with Crippen LogP contribution in [-0.2, 0) is 19.9 Å². The fourth-order valence-electron chi connectivity index (χ4n) is 2.68. The van der Waals surface area contributed by atoms with E-state index in [-0.39, 0.29) is 12.1 Å². The van der Waals surface area contributed by atoms with Crippen molar-refractivity contribution < 1.29 is 14.3 Å². The van der Waals surface area contributed by atoms with E-state index in [0.29, 0.717) is 12.1 Å². The second-order valence-corrected chi connectivity index (χ2v) is 5.71. The fraction of sp³-hybridized carbons (Fsp3) is 0.250. The van der Waals surface area contributed by atoms with E-state index in [1.165, 1.54) is 0 Å². The minimum atomic E-state index is -0.832. The lowest BCUT2D eigenvalue weighted by Gasteiger charge is -2.32. The van der Waals surface area contributed by atoms with E-state index >= 15 is 0 Å². The summed E-state index contributed by atoms with van der Waals surface area (Å²) in [7, 11) is 1.58. The number of nitriles is 1. The number of ether oxygens (including phenoxy) is 1. The molecule has 0 aliphatic carbocycles. The maximum Gasteiger partial charge on any atom is 0.313 e. The van der Waals surface area contributed by atoms with Gasteiger partial charge in [-0.15, -0.1) is 0 Å². The zero-order valence-corrected chi connectivity index (χ0v) is 14.8. The van der Waals surface area contributed by atoms with Crippen molar-refractivity contribution >= 4 is 17.5 Å². The van der Waals surface area contributed by atoms with Crippen LogP contribution in [0.5, 0.6) is 0 Å². The SMILES string of the molecule is CCC(CNC(=O)C(=O)Nc1ccccc1C#N)(OC)c1ccccc1. The number of nitrogens with zero attached hydrogens (tertiary/aromatic N) is 1. The molecule has 134 valence electrons. The van der Waals surface area contributed by atoms with Gasteiger partial charge in [-0.05, 0) is 24.1 Å². The van der Waals surface area contributed by atoms with Gasteiger partial charge in [-0.2, -0.15) is 5.26 Å². The van der Waals surface area contributed by atoms with Crippen LogP contribution in [0.1, 0.15) is 24.5 Å². The fourth-order valence-corrected chi connectivity index (χ4v) is 2.68. The van der Waals surface area contributed by atoms with Gasteiger partial charge in [0.05, 0.1) is 17.8 Å². The quantitative estimate of drug-likeness (QED) is 0.783. The number of hydrogen-bond acceptors (Lipinski definition) is 4. The monoisotopic (exact) mass is 351 g/mol. The Morgan fingerprint density at radius 3 is 2.35 bits per heavy atom. The molecule has 6 nitrogen and oxygen atoms in total. The molecule has 0 radical (unpaired) electrons. The maximum atomic E-state index is 12.2. The lowest BCUT2D eigenvalue weighted by atomic mass is 9.90. The summed E-state index contributed by atoms with van der Waals surface area (Å²) in [5.41, 5.74) is 0.784. The van der Waals surface area contributed by atoms with Gasteiger partial charge in [-0.1, -0.05) is 49.4 Å². The molecule has 0 aromatic heterocycles. The van der Waals surface area contributed by atoms with Crippen molar-refractivity contribution in [3.05, 3.63) is 65.7 Å². The van der Waals surface area contributed by atoms with Crippen LogP contribution in [0.2, 0.25) is 0 Å². The van der Waals surface area contributed by atoms with E-state index in [1.54, 1.807) is 31.4 Å². The molecule has 2 rings (SSSR count). The molecular weight excluding hydrogens is 330 g/mol. The molecule has 0 fully saturated rings. The van der Waals surface area contributed by atoms with E-state index in [4.69, 9.17) is 10.00 Å². The molecule has 2 N–H and O–H groups in total. The van der Waals surface area contributed by atoms with Gasteiger partial charge in [-0.25, -0.2) is 0 Å². The van der Waals surface area contributed by atoms with Gasteiger partial charge in [-0.3, -0.25) is 9.59 Å². The molecule has 1 unspecified atom stereocenters. The van der Waals surface area contributed by atoms with E-state index in [9.17, 15) is 9.59 Å². The molecule has 2 aromatic carbocycles. The highest BCUT2D eigenvalue weighted by molar-refractivity contribution is 6.39. The molecular formula is C20H21N3O3. The molecule has 26 heavy (non-hydrogen) atoms. The summed E-state index contributed by atoms with van der Waals surface area (Å²) in [4.78, 5) is 24.3. The predicted molar refractivity (Wildman–Crippen MR) is 98.2 cm³/mol. The first kappa shape index (κ1) is 19.2. The lowest BCUT2D eigenvalue weighted by Crippen LogP contribution is -2.45. The van der Waals surface area contributed by atoms with Crippen molar-refractivity contribution in [2.75, 3.05) is 19.0 Å². The minimum absolute atomic E-state index is 0.149. The van der Waals surface area contributed by atoms with Gasteiger partial charge in [0.1, 0.15) is 11.7 Å². The Morgan fingerprint density at radius 1 is 1.08 bits per heavy atom. The smallest absolute Gasteiger partial charge is 0.313 e. The molecule has 0 aliphatic heterocycles. The van der Waals surface area contributed by atoms with Crippen molar-refractivity contribution in [3.63, 3.8) is 0 Å². The summed E-state index contributed by atoms with van der Waals surface area (Å²) >= 11 is 0. The van der Waals surface area contributed by atoms with Crippen molar-refractivity contribution in [3.8, 4) is 6.07 Å². The highest BCUT2D eigenvalue weighted by atomic mass is 16.5. The molecule has 2 aromatic rings. The Morgan fingerprint density at radius 2 is 1.73 bits per heavy atom. The van der Waals surface area contributed by atoms with Gasteiger partial charge >= 0.3 is 11.8 Å². The van der Waals surface area contributed by atoms with E-state index in [0.717, 1.165) is 5.56 Å². The highest BCUT2D eigenvalue weighted by Gasteiger charge is 2.31. The van der Waals surface area contributed by atoms with Crippen molar-refractivity contribution in [1.82, 2.24) is 5.32 Å². The van der Waals surface area contributed by atoms with E-state index < -0.39 is 17.4 Å². The van der Waals surface area contributed by atoms with E-state index in [2.05, 4.69) is 10.6 Å². The third-order valence-corrected chi connectivity index (χ3v) is 4.30. The van der Waals surface area contributed by atoms with Gasteiger partial charge in [0.15, 0.2) is 0 Å². The lowest BCUT2D eigenvalue weighted by molar-refractivity contribution is -0.137. The first-order valence-corrected chi connectivity index (χ1v) is 8.25. The summed E-state index contributed by atoms with van der Waals surface area (Å²) in [6.07, 6.45) is 0.618. The Kier molecular flexibility index (Phi) is 6.48. The predicted octanol–water partition coefficient (Wildman–Crippen LogP) is 2.56. The number of methoxy groups -OCH3 is 1. The van der Waals surface area contributed by atoms with Crippen LogP contribution in [0.3, 0.4) is 0 Å². The largest absolute Gasteiger partial charge is 0.372 e. The number of amides is 2. The average Bonchev–Trinajstić information content (AvgIpc) is 2.70. The van der Waals surface area contributed by atoms with Crippen molar-refractivity contribution in [1.29, 1.82) is 5.26 Å². The van der Waals surface area contributed by atoms with Crippen LogP contribution >= 0.6 is 0 Å². The molecule has 0 spiro atoms. The van der Waals surface area contributed by atoms with Gasteiger partial charge in [0.25, 0.3) is 0 Å². The Bertz CT molecular complexity index is 809. The van der Waals surface area contributed by atoms with E-state index in [1.807, 2.05) is 43.3 Å². The average molecular weight is 351 g/mol. The number of nitrogens with one attached hydrogen (secondary N) is 2. The van der Waals surface area contributed by atoms with Gasteiger partial charge in [0.2, 0.25) is 0 Å². The first-order chi connectivity index (χ1) is 12.6. The van der Waals surface area contributed by atoms with Gasteiger partial charge < -0.3 is 15.4 Å². The second-order valence-electron chi connectivity index (χ2n) is 5.71. The van der Waals surface area contributed by atoms with Crippen molar-refractivity contribution in [2.45, 2.75) is 18.9 Å². The summed E-state index contributed by atoms with van der Waals surface area (Å²) in [6, 6.07) is 18.0. The summed E-state index contributed by atoms with van der Waals surface area (Å²) < 4.78 is 5.67. The summed E-state index contributed by atoms with van der Waals surface area (Å²) in [6.45, 7) is 2.10. The first-order valence-electron chi connectivity index (χ1n) is 8.25. The second kappa shape index (κ2) is 8.79. The molecule has 0 saturated heterocycles. The van der Waals surface area contributed by atoms with Crippen LogP contribution in [-0.4, -0.2) is 25.5 Å². The third kappa shape index (κ3) is 4.26. The zero-order chi connectivity index (χ0) is 19.0. The Hall–Kier alpha value is -3.17. The topological polar surface area (TPSA) is 91.2 Å². The number of carbonyl (C=O) groups is 2. The van der Waals surface area contributed by atoms with Gasteiger partial charge in [0, 0.05) is 7.11 Å². The number of benzene rings is 2. The number of carbonyl (C=O) groups excluding carboxylic acids is 2. The number of rotatable bonds is 6. The number of hydrogen-bond donors (Lipinski definition) is 2. The highest BCUT2D eigenvalue weighted by Crippen LogP contribution is 2.28.